The molecule has 0 aliphatic rings. The van der Waals surface area contributed by atoms with Crippen molar-refractivity contribution in [1.82, 2.24) is 5.32 Å². The van der Waals surface area contributed by atoms with Crippen molar-refractivity contribution in [2.75, 3.05) is 6.54 Å². The highest BCUT2D eigenvalue weighted by molar-refractivity contribution is 14.1. The molecule has 0 heterocycles. The number of carbonyl (C=O) groups excluding carboxylic acids is 2. The average Bonchev–Trinajstić information content (AvgIpc) is 2.47. The zero-order chi connectivity index (χ0) is 14.5. The highest BCUT2D eigenvalue weighted by Gasteiger charge is 2.12. The second kappa shape index (κ2) is 6.99. The minimum atomic E-state index is -0.264. The Bertz CT molecular complexity index is 644. The summed E-state index contributed by atoms with van der Waals surface area (Å²) in [4.78, 5) is 24.0. The quantitative estimate of drug-likeness (QED) is 0.578. The largest absolute Gasteiger partial charge is 0.345 e. The van der Waals surface area contributed by atoms with Crippen LogP contribution in [0.1, 0.15) is 20.7 Å². The third-order valence-corrected chi connectivity index (χ3v) is 4.04. The molecule has 0 aliphatic carbocycles. The number of Topliss-reactive ketones (excluding diaryl/α,β-unsaturated/α-hetero) is 1. The summed E-state index contributed by atoms with van der Waals surface area (Å²) in [7, 11) is 0. The fourth-order valence-corrected chi connectivity index (χ4v) is 2.57. The normalized spacial score (nSPS) is 10.1. The Kier molecular flexibility index (Phi) is 5.31. The number of hydrogen-bond donors (Lipinski definition) is 1. The van der Waals surface area contributed by atoms with Crippen molar-refractivity contribution >= 4 is 50.2 Å². The minimum absolute atomic E-state index is 0.0131. The number of amides is 1. The molecule has 3 nitrogen and oxygen atoms in total. The monoisotopic (exact) mass is 443 g/mol. The zero-order valence-electron chi connectivity index (χ0n) is 10.4. The summed E-state index contributed by atoms with van der Waals surface area (Å²) in [5.41, 5.74) is 1.12. The van der Waals surface area contributed by atoms with Crippen molar-refractivity contribution in [2.24, 2.45) is 0 Å². The second-order valence-corrected chi connectivity index (χ2v) is 6.20. The predicted octanol–water partition coefficient (Wildman–Crippen LogP) is 3.67. The van der Waals surface area contributed by atoms with Crippen LogP contribution in [0.5, 0.6) is 0 Å². The van der Waals surface area contributed by atoms with E-state index in [1.165, 1.54) is 0 Å². The Morgan fingerprint density at radius 3 is 2.50 bits per heavy atom. The summed E-state index contributed by atoms with van der Waals surface area (Å²) < 4.78 is 1.67. The van der Waals surface area contributed by atoms with Gasteiger partial charge in [0.2, 0.25) is 0 Å². The van der Waals surface area contributed by atoms with Gasteiger partial charge in [0.05, 0.1) is 12.1 Å². The molecule has 5 heteroatoms. The molecule has 20 heavy (non-hydrogen) atoms. The smallest absolute Gasteiger partial charge is 0.252 e. The summed E-state index contributed by atoms with van der Waals surface area (Å²) in [5.74, 6) is -0.375. The molecule has 1 amide bonds. The van der Waals surface area contributed by atoms with Crippen LogP contribution in [0.25, 0.3) is 0 Å². The lowest BCUT2D eigenvalue weighted by Gasteiger charge is -2.07. The lowest BCUT2D eigenvalue weighted by atomic mass is 10.1. The maximum Gasteiger partial charge on any atom is 0.252 e. The van der Waals surface area contributed by atoms with Gasteiger partial charge in [-0.15, -0.1) is 0 Å². The minimum Gasteiger partial charge on any atom is -0.345 e. The van der Waals surface area contributed by atoms with Crippen LogP contribution in [0.3, 0.4) is 0 Å². The summed E-state index contributed by atoms with van der Waals surface area (Å²) in [6.45, 7) is -0.0131. The molecule has 0 aliphatic heterocycles. The van der Waals surface area contributed by atoms with E-state index < -0.39 is 0 Å². The predicted molar refractivity (Wildman–Crippen MR) is 90.0 cm³/mol. The van der Waals surface area contributed by atoms with E-state index in [-0.39, 0.29) is 18.2 Å². The molecule has 0 saturated carbocycles. The van der Waals surface area contributed by atoms with Gasteiger partial charge >= 0.3 is 0 Å². The first-order chi connectivity index (χ1) is 9.58. The Labute approximate surface area is 139 Å². The number of carbonyl (C=O) groups is 2. The summed E-state index contributed by atoms with van der Waals surface area (Å²) >= 11 is 5.47. The first-order valence-electron chi connectivity index (χ1n) is 5.89. The molecular weight excluding hydrogens is 433 g/mol. The molecule has 2 rings (SSSR count). The topological polar surface area (TPSA) is 46.2 Å². The number of rotatable bonds is 4. The third-order valence-electron chi connectivity index (χ3n) is 2.68. The Morgan fingerprint density at radius 2 is 1.80 bits per heavy atom. The van der Waals surface area contributed by atoms with E-state index in [9.17, 15) is 9.59 Å². The highest BCUT2D eigenvalue weighted by Crippen LogP contribution is 2.19. The maximum absolute atomic E-state index is 12.1. The molecule has 0 fully saturated rings. The SMILES string of the molecule is O=C(CNC(=O)c1cc(I)ccc1Br)c1ccccc1. The standard InChI is InChI=1S/C15H11BrINO2/c16-13-7-6-11(17)8-12(13)15(20)18-9-14(19)10-4-2-1-3-5-10/h1-8H,9H2,(H,18,20). The fraction of sp³-hybridized carbons (Fsp3) is 0.0667. The Hall–Kier alpha value is -1.21. The van der Waals surface area contributed by atoms with Crippen molar-refractivity contribution in [3.63, 3.8) is 0 Å². The van der Waals surface area contributed by atoms with Crippen LogP contribution in [0.4, 0.5) is 0 Å². The molecule has 0 aromatic heterocycles. The summed E-state index contributed by atoms with van der Waals surface area (Å²) in [6, 6.07) is 14.4. The molecule has 2 aromatic rings. The van der Waals surface area contributed by atoms with Gasteiger partial charge in [-0.2, -0.15) is 0 Å². The van der Waals surface area contributed by atoms with Gasteiger partial charge in [-0.05, 0) is 56.7 Å². The Morgan fingerprint density at radius 1 is 1.10 bits per heavy atom. The van der Waals surface area contributed by atoms with E-state index in [0.717, 1.165) is 3.57 Å². The van der Waals surface area contributed by atoms with Gasteiger partial charge in [0, 0.05) is 13.6 Å². The van der Waals surface area contributed by atoms with Crippen molar-refractivity contribution in [2.45, 2.75) is 0 Å². The van der Waals surface area contributed by atoms with E-state index in [2.05, 4.69) is 43.8 Å². The van der Waals surface area contributed by atoms with Crippen LogP contribution >= 0.6 is 38.5 Å². The van der Waals surface area contributed by atoms with Crippen molar-refractivity contribution in [3.8, 4) is 0 Å². The highest BCUT2D eigenvalue weighted by atomic mass is 127. The number of nitrogens with one attached hydrogen (secondary N) is 1. The van der Waals surface area contributed by atoms with Crippen LogP contribution in [0.15, 0.2) is 53.0 Å². The second-order valence-electron chi connectivity index (χ2n) is 4.10. The molecular formula is C15H11BrINO2. The Balaban J connectivity index is 2.02. The average molecular weight is 444 g/mol. The molecule has 0 saturated heterocycles. The molecule has 2 aromatic carbocycles. The number of halogens is 2. The third kappa shape index (κ3) is 3.89. The molecule has 1 N–H and O–H groups in total. The van der Waals surface area contributed by atoms with Gasteiger partial charge in [-0.1, -0.05) is 30.3 Å². The zero-order valence-corrected chi connectivity index (χ0v) is 14.1. The molecule has 0 atom stereocenters. The van der Waals surface area contributed by atoms with Gasteiger partial charge in [-0.25, -0.2) is 0 Å². The van der Waals surface area contributed by atoms with Crippen LogP contribution in [0, 0.1) is 3.57 Å². The van der Waals surface area contributed by atoms with E-state index in [1.807, 2.05) is 18.2 Å². The number of benzene rings is 2. The first kappa shape index (κ1) is 15.2. The van der Waals surface area contributed by atoms with E-state index in [0.29, 0.717) is 15.6 Å². The first-order valence-corrected chi connectivity index (χ1v) is 7.76. The van der Waals surface area contributed by atoms with Crippen LogP contribution < -0.4 is 5.32 Å². The van der Waals surface area contributed by atoms with Gasteiger partial charge in [0.25, 0.3) is 5.91 Å². The van der Waals surface area contributed by atoms with E-state index in [1.54, 1.807) is 30.3 Å². The number of ketones is 1. The van der Waals surface area contributed by atoms with Crippen LogP contribution in [-0.4, -0.2) is 18.2 Å². The van der Waals surface area contributed by atoms with E-state index in [4.69, 9.17) is 0 Å². The summed E-state index contributed by atoms with van der Waals surface area (Å²) in [5, 5.41) is 2.64. The molecule has 0 radical (unpaired) electrons. The van der Waals surface area contributed by atoms with Crippen molar-refractivity contribution < 1.29 is 9.59 Å². The summed E-state index contributed by atoms with van der Waals surface area (Å²) in [6.07, 6.45) is 0. The molecule has 0 bridgehead atoms. The van der Waals surface area contributed by atoms with Crippen molar-refractivity contribution in [3.05, 3.63) is 67.7 Å². The van der Waals surface area contributed by atoms with Gasteiger partial charge in [0.1, 0.15) is 0 Å². The number of hydrogen-bond acceptors (Lipinski definition) is 2. The van der Waals surface area contributed by atoms with Gasteiger partial charge < -0.3 is 5.32 Å². The van der Waals surface area contributed by atoms with Crippen LogP contribution in [0.2, 0.25) is 0 Å². The maximum atomic E-state index is 12.1. The van der Waals surface area contributed by atoms with Gasteiger partial charge in [0.15, 0.2) is 5.78 Å². The van der Waals surface area contributed by atoms with E-state index >= 15 is 0 Å². The van der Waals surface area contributed by atoms with Gasteiger partial charge in [-0.3, -0.25) is 9.59 Å². The molecule has 102 valence electrons. The lowest BCUT2D eigenvalue weighted by molar-refractivity contribution is 0.0903. The van der Waals surface area contributed by atoms with Crippen LogP contribution in [-0.2, 0) is 0 Å². The lowest BCUT2D eigenvalue weighted by Crippen LogP contribution is -2.29. The van der Waals surface area contributed by atoms with Crippen molar-refractivity contribution in [1.29, 1.82) is 0 Å². The molecule has 0 unspecified atom stereocenters. The molecule has 0 spiro atoms. The fourth-order valence-electron chi connectivity index (χ4n) is 1.65.